The second kappa shape index (κ2) is 7.43. The summed E-state index contributed by atoms with van der Waals surface area (Å²) in [4.78, 5) is 6.88. The summed E-state index contributed by atoms with van der Waals surface area (Å²) >= 11 is 3.60. The van der Waals surface area contributed by atoms with Crippen molar-refractivity contribution in [3.05, 3.63) is 57.6 Å². The first-order valence-electron chi connectivity index (χ1n) is 9.87. The molecular weight excluding hydrogens is 435 g/mol. The van der Waals surface area contributed by atoms with Crippen molar-refractivity contribution in [1.29, 1.82) is 5.26 Å². The molecule has 1 N–H and O–H groups in total. The Kier molecular flexibility index (Phi) is 4.76. The van der Waals surface area contributed by atoms with Crippen LogP contribution in [0, 0.1) is 17.1 Å². The lowest BCUT2D eigenvalue weighted by Gasteiger charge is -2.35. The molecule has 0 saturated heterocycles. The third kappa shape index (κ3) is 3.41. The van der Waals surface area contributed by atoms with Crippen LogP contribution in [0.5, 0.6) is 0 Å². The van der Waals surface area contributed by atoms with Crippen LogP contribution < -0.4 is 5.32 Å². The van der Waals surface area contributed by atoms with Crippen LogP contribution in [0.1, 0.15) is 42.6 Å². The highest BCUT2D eigenvalue weighted by Gasteiger charge is 2.31. The number of anilines is 1. The summed E-state index contributed by atoms with van der Waals surface area (Å²) in [5.41, 5.74) is 2.60. The van der Waals surface area contributed by atoms with Crippen molar-refractivity contribution in [2.24, 2.45) is 0 Å². The zero-order valence-corrected chi connectivity index (χ0v) is 17.4. The molecule has 1 aromatic carbocycles. The van der Waals surface area contributed by atoms with E-state index in [1.54, 1.807) is 24.4 Å². The van der Waals surface area contributed by atoms with E-state index >= 15 is 0 Å². The highest BCUT2D eigenvalue weighted by Crippen LogP contribution is 2.35. The molecular formula is C22H20BrFN4O. The number of halogens is 2. The second-order valence-corrected chi connectivity index (χ2v) is 8.65. The molecule has 0 bridgehead atoms. The van der Waals surface area contributed by atoms with Crippen LogP contribution >= 0.6 is 15.9 Å². The lowest BCUT2D eigenvalue weighted by molar-refractivity contribution is 0.151. The van der Waals surface area contributed by atoms with Gasteiger partial charge in [-0.1, -0.05) is 12.1 Å². The molecule has 1 fully saturated rings. The molecule has 0 radical (unpaired) electrons. The largest absolute Gasteiger partial charge is 0.444 e. The van der Waals surface area contributed by atoms with Crippen molar-refractivity contribution in [2.75, 3.05) is 5.32 Å². The first-order chi connectivity index (χ1) is 14.1. The van der Waals surface area contributed by atoms with E-state index in [4.69, 9.17) is 9.68 Å². The molecule has 2 aromatic heterocycles. The Morgan fingerprint density at radius 2 is 2.07 bits per heavy atom. The highest BCUT2D eigenvalue weighted by molar-refractivity contribution is 9.10. The minimum atomic E-state index is -0.0783. The van der Waals surface area contributed by atoms with Gasteiger partial charge in [-0.05, 0) is 53.2 Å². The maximum absolute atomic E-state index is 14.0. The molecule has 148 valence electrons. The van der Waals surface area contributed by atoms with Gasteiger partial charge in [-0.15, -0.1) is 0 Å². The molecule has 0 spiro atoms. The van der Waals surface area contributed by atoms with Gasteiger partial charge in [0.1, 0.15) is 17.7 Å². The monoisotopic (exact) mass is 454 g/mol. The zero-order valence-electron chi connectivity index (χ0n) is 15.8. The molecule has 0 atom stereocenters. The molecule has 3 aromatic rings. The molecule has 0 unspecified atom stereocenters. The maximum atomic E-state index is 14.0. The fraction of sp³-hybridized carbons (Fsp3) is 0.364. The summed E-state index contributed by atoms with van der Waals surface area (Å²) in [6, 6.07) is 9.99. The summed E-state index contributed by atoms with van der Waals surface area (Å²) in [5.74, 6) is 0.982. The summed E-state index contributed by atoms with van der Waals surface area (Å²) in [6.07, 6.45) is 5.90. The van der Waals surface area contributed by atoms with Gasteiger partial charge < -0.3 is 9.73 Å². The number of rotatable bonds is 3. The van der Waals surface area contributed by atoms with Gasteiger partial charge in [0.15, 0.2) is 5.58 Å². The van der Waals surface area contributed by atoms with Gasteiger partial charge in [0.05, 0.1) is 10.7 Å². The Labute approximate surface area is 176 Å². The van der Waals surface area contributed by atoms with E-state index in [0.717, 1.165) is 65.6 Å². The summed E-state index contributed by atoms with van der Waals surface area (Å²) in [5, 5.41) is 13.4. The van der Waals surface area contributed by atoms with Crippen LogP contribution in [0.15, 0.2) is 39.4 Å². The van der Waals surface area contributed by atoms with Gasteiger partial charge in [-0.25, -0.2) is 9.37 Å². The highest BCUT2D eigenvalue weighted by atomic mass is 79.9. The Morgan fingerprint density at radius 3 is 2.83 bits per heavy atom. The molecule has 3 heterocycles. The van der Waals surface area contributed by atoms with Crippen molar-refractivity contribution >= 4 is 32.7 Å². The fourth-order valence-corrected chi connectivity index (χ4v) is 5.11. The lowest BCUT2D eigenvalue weighted by Crippen LogP contribution is -2.37. The van der Waals surface area contributed by atoms with Crippen LogP contribution in [0.4, 0.5) is 10.2 Å². The smallest absolute Gasteiger partial charge is 0.204 e. The van der Waals surface area contributed by atoms with Crippen LogP contribution in [-0.4, -0.2) is 22.0 Å². The van der Waals surface area contributed by atoms with Crippen molar-refractivity contribution in [2.45, 2.75) is 50.9 Å². The molecule has 2 aliphatic rings. The number of nitrogens with one attached hydrogen (secondary N) is 1. The number of hydrogen-bond donors (Lipinski definition) is 1. The Morgan fingerprint density at radius 1 is 1.24 bits per heavy atom. The van der Waals surface area contributed by atoms with Crippen molar-refractivity contribution in [3.8, 4) is 6.07 Å². The van der Waals surface area contributed by atoms with Crippen molar-refractivity contribution in [3.63, 3.8) is 0 Å². The molecule has 5 nitrogen and oxygen atoms in total. The van der Waals surface area contributed by atoms with Crippen LogP contribution in [0.2, 0.25) is 0 Å². The third-order valence-corrected chi connectivity index (χ3v) is 6.93. The topological polar surface area (TPSA) is 65.1 Å². The molecule has 29 heavy (non-hydrogen) atoms. The second-order valence-electron chi connectivity index (χ2n) is 7.85. The van der Waals surface area contributed by atoms with E-state index in [9.17, 15) is 4.39 Å². The number of nitrogens with zero attached hydrogens (tertiary/aromatic N) is 3. The fourth-order valence-electron chi connectivity index (χ4n) is 4.58. The molecule has 1 saturated carbocycles. The zero-order chi connectivity index (χ0) is 20.0. The van der Waals surface area contributed by atoms with Gasteiger partial charge >= 0.3 is 0 Å². The van der Waals surface area contributed by atoms with Crippen LogP contribution in [-0.2, 0) is 13.1 Å². The predicted octanol–water partition coefficient (Wildman–Crippen LogP) is 5.34. The Balaban J connectivity index is 1.23. The number of furan rings is 1. The van der Waals surface area contributed by atoms with Crippen molar-refractivity contribution < 1.29 is 8.81 Å². The van der Waals surface area contributed by atoms with Gasteiger partial charge in [0.2, 0.25) is 5.76 Å². The van der Waals surface area contributed by atoms with E-state index in [2.05, 4.69) is 31.1 Å². The standard InChI is InChI=1S/C22H20BrFN4O/c23-21-17-8-16(9-25)29-20(17)10-26-22(21)27-14-4-6-15(7-5-14)28-11-13-2-1-3-19(24)18(13)12-28/h1-3,8,10,14-15H,4-7,11-12H2,(H,26,27). The molecule has 0 amide bonds. The molecule has 1 aliphatic carbocycles. The van der Waals surface area contributed by atoms with E-state index in [-0.39, 0.29) is 11.6 Å². The maximum Gasteiger partial charge on any atom is 0.204 e. The van der Waals surface area contributed by atoms with Gasteiger partial charge in [-0.3, -0.25) is 4.90 Å². The number of hydrogen-bond acceptors (Lipinski definition) is 5. The van der Waals surface area contributed by atoms with Gasteiger partial charge in [0, 0.05) is 42.2 Å². The van der Waals surface area contributed by atoms with Gasteiger partial charge in [-0.2, -0.15) is 5.26 Å². The summed E-state index contributed by atoms with van der Waals surface area (Å²) in [6.45, 7) is 1.57. The van der Waals surface area contributed by atoms with E-state index in [1.807, 2.05) is 12.1 Å². The average molecular weight is 455 g/mol. The van der Waals surface area contributed by atoms with Gasteiger partial charge in [0.25, 0.3) is 0 Å². The normalized spacial score (nSPS) is 21.8. The SMILES string of the molecule is N#Cc1cc2c(Br)c(NC3CCC(N4Cc5cccc(F)c5C4)CC3)ncc2o1. The first kappa shape index (κ1) is 18.6. The third-order valence-electron chi connectivity index (χ3n) is 6.13. The minimum Gasteiger partial charge on any atom is -0.444 e. The minimum absolute atomic E-state index is 0.0783. The Bertz CT molecular complexity index is 1110. The average Bonchev–Trinajstić information content (AvgIpc) is 3.36. The quantitative estimate of drug-likeness (QED) is 0.578. The lowest BCUT2D eigenvalue weighted by atomic mass is 9.90. The molecule has 5 rings (SSSR count). The molecule has 1 aliphatic heterocycles. The summed E-state index contributed by atoms with van der Waals surface area (Å²) < 4.78 is 20.3. The predicted molar refractivity (Wildman–Crippen MR) is 112 cm³/mol. The Hall–Kier alpha value is -2.43. The number of pyridine rings is 1. The number of benzene rings is 1. The first-order valence-corrected chi connectivity index (χ1v) is 10.7. The van der Waals surface area contributed by atoms with E-state index in [0.29, 0.717) is 17.7 Å². The van der Waals surface area contributed by atoms with Crippen LogP contribution in [0.3, 0.4) is 0 Å². The molecule has 7 heteroatoms. The van der Waals surface area contributed by atoms with Crippen LogP contribution in [0.25, 0.3) is 11.0 Å². The number of nitriles is 1. The van der Waals surface area contributed by atoms with E-state index in [1.165, 1.54) is 0 Å². The summed E-state index contributed by atoms with van der Waals surface area (Å²) in [7, 11) is 0. The van der Waals surface area contributed by atoms with Crippen molar-refractivity contribution in [1.82, 2.24) is 9.88 Å². The number of aromatic nitrogens is 1. The number of fused-ring (bicyclic) bond motifs is 2. The van der Waals surface area contributed by atoms with E-state index < -0.39 is 0 Å².